The average Bonchev–Trinajstić information content (AvgIpc) is 2.87. The highest BCUT2D eigenvalue weighted by Gasteiger charge is 2.40. The van der Waals surface area contributed by atoms with E-state index in [-0.39, 0.29) is 0 Å². The van der Waals surface area contributed by atoms with Gasteiger partial charge in [-0.05, 0) is 25.8 Å². The molecule has 19 heavy (non-hydrogen) atoms. The molecule has 1 atom stereocenters. The van der Waals surface area contributed by atoms with Crippen LogP contribution in [0.3, 0.4) is 0 Å². The number of hydrogen-bond acceptors (Lipinski definition) is 5. The van der Waals surface area contributed by atoms with E-state index in [0.29, 0.717) is 31.3 Å². The first-order chi connectivity index (χ1) is 8.89. The lowest BCUT2D eigenvalue weighted by Crippen LogP contribution is -2.31. The van der Waals surface area contributed by atoms with E-state index < -0.39 is 11.4 Å². The Hall–Kier alpha value is -1.43. The topological polar surface area (TPSA) is 79.5 Å². The molecule has 1 aromatic heterocycles. The molecular formula is C13H21N3O3. The van der Waals surface area contributed by atoms with Crippen LogP contribution in [-0.4, -0.2) is 39.2 Å². The van der Waals surface area contributed by atoms with Gasteiger partial charge in [0.2, 0.25) is 5.89 Å². The lowest BCUT2D eigenvalue weighted by molar-refractivity contribution is -0.147. The van der Waals surface area contributed by atoms with Crippen LogP contribution < -0.4 is 0 Å². The van der Waals surface area contributed by atoms with Gasteiger partial charge < -0.3 is 9.63 Å². The van der Waals surface area contributed by atoms with Gasteiger partial charge in [-0.15, -0.1) is 0 Å². The van der Waals surface area contributed by atoms with Crippen LogP contribution in [0.5, 0.6) is 0 Å². The standard InChI is InChI=1S/C13H21N3O3/c1-9(2)6-10-14-11(19-15-10)7-16-5-4-13(3,8-16)12(17)18/h9H,4-8H2,1-3H3,(H,17,18). The van der Waals surface area contributed by atoms with Crippen molar-refractivity contribution in [3.8, 4) is 0 Å². The van der Waals surface area contributed by atoms with Crippen molar-refractivity contribution in [3.05, 3.63) is 11.7 Å². The number of nitrogens with zero attached hydrogens (tertiary/aromatic N) is 3. The summed E-state index contributed by atoms with van der Waals surface area (Å²) in [5, 5.41) is 13.1. The van der Waals surface area contributed by atoms with Crippen molar-refractivity contribution in [1.82, 2.24) is 15.0 Å². The molecule has 6 heteroatoms. The van der Waals surface area contributed by atoms with E-state index in [4.69, 9.17) is 4.52 Å². The monoisotopic (exact) mass is 267 g/mol. The first-order valence-electron chi connectivity index (χ1n) is 6.66. The van der Waals surface area contributed by atoms with Crippen LogP contribution in [0.2, 0.25) is 0 Å². The highest BCUT2D eigenvalue weighted by molar-refractivity contribution is 5.74. The summed E-state index contributed by atoms with van der Waals surface area (Å²) < 4.78 is 5.21. The number of rotatable bonds is 5. The fraction of sp³-hybridized carbons (Fsp3) is 0.769. The fourth-order valence-corrected chi connectivity index (χ4v) is 2.36. The summed E-state index contributed by atoms with van der Waals surface area (Å²) in [4.78, 5) is 17.6. The molecule has 1 unspecified atom stereocenters. The van der Waals surface area contributed by atoms with Crippen molar-refractivity contribution >= 4 is 5.97 Å². The second-order valence-electron chi connectivity index (χ2n) is 6.03. The zero-order valence-corrected chi connectivity index (χ0v) is 11.7. The Bertz CT molecular complexity index is 458. The molecule has 1 aliphatic rings. The maximum atomic E-state index is 11.2. The smallest absolute Gasteiger partial charge is 0.310 e. The predicted molar refractivity (Wildman–Crippen MR) is 68.5 cm³/mol. The zero-order chi connectivity index (χ0) is 14.0. The summed E-state index contributed by atoms with van der Waals surface area (Å²) in [6.07, 6.45) is 1.46. The number of aromatic nitrogens is 2. The minimum absolute atomic E-state index is 0.493. The van der Waals surface area contributed by atoms with Gasteiger partial charge in [-0.25, -0.2) is 0 Å². The molecule has 2 rings (SSSR count). The van der Waals surface area contributed by atoms with Gasteiger partial charge in [0.15, 0.2) is 5.82 Å². The lowest BCUT2D eigenvalue weighted by atomic mass is 9.90. The molecule has 106 valence electrons. The molecule has 0 bridgehead atoms. The Kier molecular flexibility index (Phi) is 3.89. The van der Waals surface area contributed by atoms with Gasteiger partial charge in [-0.1, -0.05) is 19.0 Å². The Morgan fingerprint density at radius 3 is 2.89 bits per heavy atom. The van der Waals surface area contributed by atoms with Crippen LogP contribution in [0.4, 0.5) is 0 Å². The molecule has 2 heterocycles. The van der Waals surface area contributed by atoms with Crippen molar-refractivity contribution in [2.24, 2.45) is 11.3 Å². The molecule has 1 aromatic rings. The van der Waals surface area contributed by atoms with Crippen LogP contribution in [0.15, 0.2) is 4.52 Å². The third-order valence-electron chi connectivity index (χ3n) is 3.53. The van der Waals surface area contributed by atoms with E-state index in [9.17, 15) is 9.90 Å². The van der Waals surface area contributed by atoms with Gasteiger partial charge >= 0.3 is 5.97 Å². The van der Waals surface area contributed by atoms with Crippen molar-refractivity contribution in [2.45, 2.75) is 40.2 Å². The van der Waals surface area contributed by atoms with Crippen LogP contribution in [0, 0.1) is 11.3 Å². The molecule has 0 saturated carbocycles. The van der Waals surface area contributed by atoms with E-state index in [1.807, 2.05) is 0 Å². The van der Waals surface area contributed by atoms with Gasteiger partial charge in [-0.3, -0.25) is 9.69 Å². The van der Waals surface area contributed by atoms with Crippen LogP contribution in [-0.2, 0) is 17.8 Å². The van der Waals surface area contributed by atoms with E-state index in [2.05, 4.69) is 28.9 Å². The third-order valence-corrected chi connectivity index (χ3v) is 3.53. The molecule has 1 fully saturated rings. The van der Waals surface area contributed by atoms with Crippen LogP contribution >= 0.6 is 0 Å². The van der Waals surface area contributed by atoms with E-state index in [0.717, 1.165) is 18.8 Å². The minimum atomic E-state index is -0.735. The molecule has 1 aliphatic heterocycles. The number of carboxylic acids is 1. The number of likely N-dealkylation sites (tertiary alicyclic amines) is 1. The molecule has 0 amide bonds. The van der Waals surface area contributed by atoms with Crippen LogP contribution in [0.25, 0.3) is 0 Å². The predicted octanol–water partition coefficient (Wildman–Crippen LogP) is 1.56. The summed E-state index contributed by atoms with van der Waals surface area (Å²) in [5.74, 6) is 1.06. The number of carboxylic acid groups (broad SMARTS) is 1. The molecule has 0 aromatic carbocycles. The van der Waals surface area contributed by atoms with E-state index in [1.165, 1.54) is 0 Å². The molecule has 0 radical (unpaired) electrons. The summed E-state index contributed by atoms with van der Waals surface area (Å²) in [7, 11) is 0. The lowest BCUT2D eigenvalue weighted by Gasteiger charge is -2.18. The zero-order valence-electron chi connectivity index (χ0n) is 11.7. The fourth-order valence-electron chi connectivity index (χ4n) is 2.36. The summed E-state index contributed by atoms with van der Waals surface area (Å²) in [6.45, 7) is 7.82. The van der Waals surface area contributed by atoms with Crippen molar-refractivity contribution in [2.75, 3.05) is 13.1 Å². The molecule has 1 N–H and O–H groups in total. The Labute approximate surface area is 112 Å². The Balaban J connectivity index is 1.92. The second kappa shape index (κ2) is 5.28. The quantitative estimate of drug-likeness (QED) is 0.872. The Morgan fingerprint density at radius 2 is 2.32 bits per heavy atom. The average molecular weight is 267 g/mol. The van der Waals surface area contributed by atoms with Gasteiger partial charge in [0, 0.05) is 13.0 Å². The minimum Gasteiger partial charge on any atom is -0.481 e. The summed E-state index contributed by atoms with van der Waals surface area (Å²) in [5.41, 5.74) is -0.652. The van der Waals surface area contributed by atoms with Crippen molar-refractivity contribution < 1.29 is 14.4 Å². The normalized spacial score (nSPS) is 24.2. The highest BCUT2D eigenvalue weighted by Crippen LogP contribution is 2.30. The maximum Gasteiger partial charge on any atom is 0.310 e. The molecule has 0 spiro atoms. The van der Waals surface area contributed by atoms with Crippen LogP contribution in [0.1, 0.15) is 38.9 Å². The molecule has 0 aliphatic carbocycles. The second-order valence-corrected chi connectivity index (χ2v) is 6.03. The van der Waals surface area contributed by atoms with E-state index >= 15 is 0 Å². The molecule has 1 saturated heterocycles. The SMILES string of the molecule is CC(C)Cc1noc(CN2CCC(C)(C(=O)O)C2)n1. The van der Waals surface area contributed by atoms with Crippen molar-refractivity contribution in [1.29, 1.82) is 0 Å². The Morgan fingerprint density at radius 1 is 1.58 bits per heavy atom. The maximum absolute atomic E-state index is 11.2. The van der Waals surface area contributed by atoms with Gasteiger partial charge in [0.05, 0.1) is 12.0 Å². The summed E-state index contributed by atoms with van der Waals surface area (Å²) >= 11 is 0. The number of carbonyl (C=O) groups is 1. The number of hydrogen-bond donors (Lipinski definition) is 1. The van der Waals surface area contributed by atoms with Crippen molar-refractivity contribution in [3.63, 3.8) is 0 Å². The first kappa shape index (κ1) is 14.0. The van der Waals surface area contributed by atoms with Gasteiger partial charge in [-0.2, -0.15) is 4.98 Å². The van der Waals surface area contributed by atoms with Gasteiger partial charge in [0.25, 0.3) is 0 Å². The molecule has 6 nitrogen and oxygen atoms in total. The summed E-state index contributed by atoms with van der Waals surface area (Å²) in [6, 6.07) is 0. The number of aliphatic carboxylic acids is 1. The largest absolute Gasteiger partial charge is 0.481 e. The highest BCUT2D eigenvalue weighted by atomic mass is 16.5. The molecular weight excluding hydrogens is 246 g/mol. The third kappa shape index (κ3) is 3.32. The van der Waals surface area contributed by atoms with E-state index in [1.54, 1.807) is 6.92 Å². The first-order valence-corrected chi connectivity index (χ1v) is 6.66. The van der Waals surface area contributed by atoms with Gasteiger partial charge in [0.1, 0.15) is 0 Å².